The van der Waals surface area contributed by atoms with Crippen molar-refractivity contribution in [3.05, 3.63) is 28.8 Å². The van der Waals surface area contributed by atoms with Crippen LogP contribution in [0.5, 0.6) is 5.75 Å². The van der Waals surface area contributed by atoms with Gasteiger partial charge in [0.25, 0.3) is 0 Å². The number of benzene rings is 1. The van der Waals surface area contributed by atoms with Crippen molar-refractivity contribution in [3.63, 3.8) is 0 Å². The van der Waals surface area contributed by atoms with Gasteiger partial charge < -0.3 is 21.1 Å². The highest BCUT2D eigenvalue weighted by Crippen LogP contribution is 2.28. The zero-order valence-corrected chi connectivity index (χ0v) is 8.35. The molecule has 1 aromatic rings. The van der Waals surface area contributed by atoms with Crippen LogP contribution in [0.15, 0.2) is 18.2 Å². The number of phenols is 1. The van der Waals surface area contributed by atoms with Crippen LogP contribution in [0, 0.1) is 0 Å². The third-order valence-electron chi connectivity index (χ3n) is 1.89. The molecule has 0 saturated carbocycles. The molecule has 0 heterocycles. The van der Waals surface area contributed by atoms with Crippen LogP contribution < -0.4 is 5.73 Å². The Balaban J connectivity index is 3.04. The van der Waals surface area contributed by atoms with E-state index in [1.807, 2.05) is 0 Å². The molecule has 0 spiro atoms. The van der Waals surface area contributed by atoms with Crippen molar-refractivity contribution in [2.45, 2.75) is 12.2 Å². The van der Waals surface area contributed by atoms with Crippen molar-refractivity contribution in [1.82, 2.24) is 0 Å². The van der Waals surface area contributed by atoms with Gasteiger partial charge in [0.05, 0.1) is 0 Å². The van der Waals surface area contributed by atoms with Crippen molar-refractivity contribution in [2.75, 3.05) is 0 Å². The van der Waals surface area contributed by atoms with E-state index >= 15 is 0 Å². The molecule has 0 aliphatic rings. The summed E-state index contributed by atoms with van der Waals surface area (Å²) in [6, 6.07) is 3.80. The Hall–Kier alpha value is -1.30. The third kappa shape index (κ3) is 2.59. The van der Waals surface area contributed by atoms with E-state index in [0.29, 0.717) is 0 Å². The maximum atomic E-state index is 10.6. The molecular weight excluding hydrogens is 222 g/mol. The van der Waals surface area contributed by atoms with Gasteiger partial charge in [0.2, 0.25) is 5.91 Å². The molecule has 0 aromatic heterocycles. The summed E-state index contributed by atoms with van der Waals surface area (Å²) in [7, 11) is 0. The number of halogens is 1. The number of carbonyl (C=O) groups excluding carboxylic acids is 1. The van der Waals surface area contributed by atoms with E-state index in [-0.39, 0.29) is 16.3 Å². The number of primary amides is 1. The summed E-state index contributed by atoms with van der Waals surface area (Å²) < 4.78 is 0. The number of aliphatic hydroxyl groups excluding tert-OH is 2. The minimum absolute atomic E-state index is 0.0444. The molecule has 0 saturated heterocycles. The fourth-order valence-electron chi connectivity index (χ4n) is 1.08. The molecule has 0 aliphatic carbocycles. The van der Waals surface area contributed by atoms with Gasteiger partial charge >= 0.3 is 0 Å². The standard InChI is InChI=1S/C9H10ClNO4/c10-6-2-1-4(12)3-5(6)7(13)8(14)9(11)15/h1-3,7-8,12-14H,(H2,11,15). The monoisotopic (exact) mass is 231 g/mol. The van der Waals surface area contributed by atoms with E-state index in [9.17, 15) is 15.0 Å². The van der Waals surface area contributed by atoms with Gasteiger partial charge in [-0.2, -0.15) is 0 Å². The molecule has 0 fully saturated rings. The zero-order chi connectivity index (χ0) is 11.6. The largest absolute Gasteiger partial charge is 0.508 e. The Morgan fingerprint density at radius 1 is 1.40 bits per heavy atom. The summed E-state index contributed by atoms with van der Waals surface area (Å²) in [4.78, 5) is 10.6. The molecule has 2 atom stereocenters. The van der Waals surface area contributed by atoms with E-state index in [0.717, 1.165) is 6.07 Å². The van der Waals surface area contributed by atoms with Gasteiger partial charge in [0.15, 0.2) is 6.10 Å². The van der Waals surface area contributed by atoms with Gasteiger partial charge in [-0.1, -0.05) is 11.6 Å². The number of amides is 1. The van der Waals surface area contributed by atoms with Gasteiger partial charge in [-0.15, -0.1) is 0 Å². The number of hydrogen-bond donors (Lipinski definition) is 4. The van der Waals surface area contributed by atoms with E-state index in [1.165, 1.54) is 12.1 Å². The van der Waals surface area contributed by atoms with Gasteiger partial charge in [0.1, 0.15) is 11.9 Å². The molecule has 1 aromatic carbocycles. The second-order valence-electron chi connectivity index (χ2n) is 3.00. The number of phenolic OH excluding ortho intramolecular Hbond substituents is 1. The van der Waals surface area contributed by atoms with Crippen LogP contribution in [-0.4, -0.2) is 27.3 Å². The van der Waals surface area contributed by atoms with E-state index in [1.54, 1.807) is 0 Å². The highest BCUT2D eigenvalue weighted by Gasteiger charge is 2.25. The Morgan fingerprint density at radius 3 is 2.53 bits per heavy atom. The van der Waals surface area contributed by atoms with Crippen molar-refractivity contribution in [1.29, 1.82) is 0 Å². The summed E-state index contributed by atoms with van der Waals surface area (Å²) in [5.41, 5.74) is 4.85. The lowest BCUT2D eigenvalue weighted by Crippen LogP contribution is -2.33. The molecule has 2 unspecified atom stereocenters. The third-order valence-corrected chi connectivity index (χ3v) is 2.23. The quantitative estimate of drug-likeness (QED) is 0.584. The fraction of sp³-hybridized carbons (Fsp3) is 0.222. The molecule has 5 N–H and O–H groups in total. The molecule has 15 heavy (non-hydrogen) atoms. The van der Waals surface area contributed by atoms with E-state index in [4.69, 9.17) is 22.4 Å². The van der Waals surface area contributed by atoms with Crippen LogP contribution in [-0.2, 0) is 4.79 Å². The molecule has 0 bridgehead atoms. The molecule has 0 aliphatic heterocycles. The summed E-state index contributed by atoms with van der Waals surface area (Å²) in [5, 5.41) is 28.0. The van der Waals surface area contributed by atoms with Crippen molar-refractivity contribution in [3.8, 4) is 5.75 Å². The lowest BCUT2D eigenvalue weighted by Gasteiger charge is -2.16. The molecule has 82 valence electrons. The Kier molecular flexibility index (Phi) is 3.52. The number of rotatable bonds is 3. The minimum Gasteiger partial charge on any atom is -0.508 e. The SMILES string of the molecule is NC(=O)C(O)C(O)c1cc(O)ccc1Cl. The first kappa shape index (κ1) is 11.8. The first-order valence-electron chi connectivity index (χ1n) is 4.07. The smallest absolute Gasteiger partial charge is 0.249 e. The lowest BCUT2D eigenvalue weighted by atomic mass is 10.0. The van der Waals surface area contributed by atoms with Crippen LogP contribution in [0.2, 0.25) is 5.02 Å². The molecule has 5 nitrogen and oxygen atoms in total. The van der Waals surface area contributed by atoms with Crippen LogP contribution in [0.25, 0.3) is 0 Å². The average Bonchev–Trinajstić information content (AvgIpc) is 2.19. The molecular formula is C9H10ClNO4. The minimum atomic E-state index is -1.76. The van der Waals surface area contributed by atoms with Crippen molar-refractivity contribution in [2.24, 2.45) is 5.73 Å². The summed E-state index contributed by atoms with van der Waals surface area (Å²) in [6.07, 6.45) is -3.31. The second-order valence-corrected chi connectivity index (χ2v) is 3.41. The van der Waals surface area contributed by atoms with Crippen LogP contribution in [0.3, 0.4) is 0 Å². The summed E-state index contributed by atoms with van der Waals surface area (Å²) in [6.45, 7) is 0. The highest BCUT2D eigenvalue weighted by molar-refractivity contribution is 6.31. The molecule has 6 heteroatoms. The summed E-state index contributed by atoms with van der Waals surface area (Å²) >= 11 is 5.71. The highest BCUT2D eigenvalue weighted by atomic mass is 35.5. The maximum Gasteiger partial charge on any atom is 0.249 e. The topological polar surface area (TPSA) is 104 Å². The van der Waals surface area contributed by atoms with E-state index in [2.05, 4.69) is 0 Å². The zero-order valence-electron chi connectivity index (χ0n) is 7.59. The van der Waals surface area contributed by atoms with Gasteiger partial charge in [-0.3, -0.25) is 4.79 Å². The number of aliphatic hydroxyl groups is 2. The number of nitrogens with two attached hydrogens (primary N) is 1. The van der Waals surface area contributed by atoms with E-state index < -0.39 is 18.1 Å². The predicted octanol–water partition coefficient (Wildman–Crippen LogP) is -0.0748. The molecule has 0 radical (unpaired) electrons. The average molecular weight is 232 g/mol. The van der Waals surface area contributed by atoms with Crippen LogP contribution in [0.4, 0.5) is 0 Å². The maximum absolute atomic E-state index is 10.6. The van der Waals surface area contributed by atoms with Gasteiger partial charge in [-0.25, -0.2) is 0 Å². The first-order valence-corrected chi connectivity index (χ1v) is 4.45. The Morgan fingerprint density at radius 2 is 2.00 bits per heavy atom. The normalized spacial score (nSPS) is 14.6. The predicted molar refractivity (Wildman–Crippen MR) is 53.3 cm³/mol. The molecule has 1 amide bonds. The fourth-order valence-corrected chi connectivity index (χ4v) is 1.31. The van der Waals surface area contributed by atoms with Crippen molar-refractivity contribution >= 4 is 17.5 Å². The first-order chi connectivity index (χ1) is 6.93. The molecule has 1 rings (SSSR count). The van der Waals surface area contributed by atoms with Gasteiger partial charge in [0, 0.05) is 10.6 Å². The summed E-state index contributed by atoms with van der Waals surface area (Å²) in [5.74, 6) is -1.20. The van der Waals surface area contributed by atoms with Crippen LogP contribution >= 0.6 is 11.6 Å². The Labute approximate surface area is 90.7 Å². The van der Waals surface area contributed by atoms with Gasteiger partial charge in [-0.05, 0) is 18.2 Å². The van der Waals surface area contributed by atoms with Crippen LogP contribution in [0.1, 0.15) is 11.7 Å². The number of carbonyl (C=O) groups is 1. The second kappa shape index (κ2) is 4.48. The number of aromatic hydroxyl groups is 1. The van der Waals surface area contributed by atoms with Crippen molar-refractivity contribution < 1.29 is 20.1 Å². The number of hydrogen-bond acceptors (Lipinski definition) is 4. The lowest BCUT2D eigenvalue weighted by molar-refractivity contribution is -0.131. The Bertz CT molecular complexity index is 382.